The average Bonchev–Trinajstić information content (AvgIpc) is 3.32. The van der Waals surface area contributed by atoms with Crippen molar-refractivity contribution >= 4 is 11.9 Å². The van der Waals surface area contributed by atoms with Gasteiger partial charge in [0.1, 0.15) is 6.61 Å². The van der Waals surface area contributed by atoms with Crippen molar-refractivity contribution in [2.45, 2.75) is 232 Å². The van der Waals surface area contributed by atoms with Crippen LogP contribution in [0.4, 0.5) is 0 Å². The Kier molecular flexibility index (Phi) is 52.5. The third-order valence-corrected chi connectivity index (χ3v) is 11.0. The predicted molar refractivity (Wildman–Crippen MR) is 288 cm³/mol. The summed E-state index contributed by atoms with van der Waals surface area (Å²) in [7, 11) is 0. The zero-order valence-electron chi connectivity index (χ0n) is 42.9. The van der Waals surface area contributed by atoms with E-state index in [4.69, 9.17) is 14.2 Å². The van der Waals surface area contributed by atoms with Crippen LogP contribution in [0.5, 0.6) is 0 Å². The maximum Gasteiger partial charge on any atom is 0.306 e. The second-order valence-electron chi connectivity index (χ2n) is 17.4. The normalized spacial score (nSPS) is 13.2. The summed E-state index contributed by atoms with van der Waals surface area (Å²) < 4.78 is 17.3. The van der Waals surface area contributed by atoms with Gasteiger partial charge < -0.3 is 14.2 Å². The molecule has 5 nitrogen and oxygen atoms in total. The second kappa shape index (κ2) is 55.6. The van der Waals surface area contributed by atoms with E-state index in [9.17, 15) is 9.59 Å². The quantitative estimate of drug-likeness (QED) is 0.0346. The molecule has 0 aromatic carbocycles. The zero-order chi connectivity index (χ0) is 47.7. The van der Waals surface area contributed by atoms with Gasteiger partial charge in [0.2, 0.25) is 0 Å². The zero-order valence-corrected chi connectivity index (χ0v) is 42.9. The van der Waals surface area contributed by atoms with Gasteiger partial charge in [-0.1, -0.05) is 232 Å². The number of hydrogen-bond acceptors (Lipinski definition) is 5. The third-order valence-electron chi connectivity index (χ3n) is 11.0. The fourth-order valence-corrected chi connectivity index (χ4v) is 7.05. The summed E-state index contributed by atoms with van der Waals surface area (Å²) in [5, 5.41) is 0. The van der Waals surface area contributed by atoms with E-state index < -0.39 is 6.10 Å². The van der Waals surface area contributed by atoms with E-state index in [1.165, 1.54) is 64.2 Å². The Morgan fingerprint density at radius 3 is 1.09 bits per heavy atom. The van der Waals surface area contributed by atoms with Gasteiger partial charge in [-0.05, 0) is 103 Å². The lowest BCUT2D eigenvalue weighted by Gasteiger charge is -2.18. The van der Waals surface area contributed by atoms with Gasteiger partial charge in [0, 0.05) is 19.4 Å². The molecule has 66 heavy (non-hydrogen) atoms. The van der Waals surface area contributed by atoms with E-state index in [1.807, 2.05) is 0 Å². The molecule has 0 aromatic heterocycles. The summed E-state index contributed by atoms with van der Waals surface area (Å²) >= 11 is 0. The maximum atomic E-state index is 12.8. The molecule has 1 unspecified atom stereocenters. The van der Waals surface area contributed by atoms with Gasteiger partial charge in [-0.3, -0.25) is 9.59 Å². The lowest BCUT2D eigenvalue weighted by Crippen LogP contribution is -2.30. The SMILES string of the molecule is CC/C=C\C/C=C\C/C=C\C/C=C\C/C=C\C/C=C\CCCOCC(COC(=O)CCCCCC/C=C\C/C=C\C/C=C\C/C=C\CC)OC(=O)CCCCCCCCCCCCCCC. The highest BCUT2D eigenvalue weighted by atomic mass is 16.6. The lowest BCUT2D eigenvalue weighted by atomic mass is 10.0. The minimum Gasteiger partial charge on any atom is -0.462 e. The number of esters is 2. The summed E-state index contributed by atoms with van der Waals surface area (Å²) in [5.74, 6) is -0.460. The number of unbranched alkanes of at least 4 members (excludes halogenated alkanes) is 17. The Morgan fingerprint density at radius 1 is 0.348 bits per heavy atom. The first-order chi connectivity index (χ1) is 32.6. The van der Waals surface area contributed by atoms with Crippen molar-refractivity contribution in [3.05, 3.63) is 122 Å². The van der Waals surface area contributed by atoms with Crippen LogP contribution in [0.15, 0.2) is 122 Å². The van der Waals surface area contributed by atoms with Crippen molar-refractivity contribution in [1.82, 2.24) is 0 Å². The molecule has 0 amide bonds. The fourth-order valence-electron chi connectivity index (χ4n) is 7.05. The molecule has 0 rings (SSSR count). The Hall–Kier alpha value is -3.70. The van der Waals surface area contributed by atoms with Crippen LogP contribution in [0.25, 0.3) is 0 Å². The van der Waals surface area contributed by atoms with Crippen LogP contribution >= 0.6 is 0 Å². The molecule has 374 valence electrons. The smallest absolute Gasteiger partial charge is 0.306 e. The largest absolute Gasteiger partial charge is 0.462 e. The van der Waals surface area contributed by atoms with Crippen LogP contribution < -0.4 is 0 Å². The van der Waals surface area contributed by atoms with Crippen LogP contribution in [0.2, 0.25) is 0 Å². The third kappa shape index (κ3) is 52.9. The number of ether oxygens (including phenoxy) is 3. The van der Waals surface area contributed by atoms with Crippen molar-refractivity contribution in [2.24, 2.45) is 0 Å². The monoisotopic (exact) mass is 913 g/mol. The van der Waals surface area contributed by atoms with Crippen LogP contribution in [0.1, 0.15) is 226 Å². The molecule has 0 radical (unpaired) electrons. The lowest BCUT2D eigenvalue weighted by molar-refractivity contribution is -0.163. The van der Waals surface area contributed by atoms with Crippen molar-refractivity contribution in [3.63, 3.8) is 0 Å². The first-order valence-electron chi connectivity index (χ1n) is 27.1. The molecule has 0 saturated heterocycles. The number of allylic oxidation sites excluding steroid dienone is 20. The van der Waals surface area contributed by atoms with Gasteiger partial charge in [-0.2, -0.15) is 0 Å². The van der Waals surface area contributed by atoms with Crippen LogP contribution in [-0.4, -0.2) is 37.9 Å². The minimum absolute atomic E-state index is 0.0438. The van der Waals surface area contributed by atoms with Gasteiger partial charge in [-0.25, -0.2) is 0 Å². The van der Waals surface area contributed by atoms with Crippen molar-refractivity contribution in [1.29, 1.82) is 0 Å². The van der Waals surface area contributed by atoms with Gasteiger partial charge in [0.25, 0.3) is 0 Å². The minimum atomic E-state index is -0.583. The predicted octanol–water partition coefficient (Wildman–Crippen LogP) is 18.6. The van der Waals surface area contributed by atoms with Gasteiger partial charge in [-0.15, -0.1) is 0 Å². The molecule has 0 aliphatic rings. The first-order valence-corrected chi connectivity index (χ1v) is 27.1. The number of hydrogen-bond donors (Lipinski definition) is 0. The van der Waals surface area contributed by atoms with E-state index in [2.05, 4.69) is 142 Å². The molecule has 0 aliphatic carbocycles. The molecule has 0 aliphatic heterocycles. The van der Waals surface area contributed by atoms with E-state index in [-0.39, 0.29) is 25.2 Å². The van der Waals surface area contributed by atoms with Gasteiger partial charge in [0.05, 0.1) is 6.61 Å². The molecule has 0 heterocycles. The Morgan fingerprint density at radius 2 is 0.682 bits per heavy atom. The summed E-state index contributed by atoms with van der Waals surface area (Å²) in [5.41, 5.74) is 0. The van der Waals surface area contributed by atoms with Crippen LogP contribution in [0.3, 0.4) is 0 Å². The number of carbonyl (C=O) groups is 2. The molecule has 0 spiro atoms. The molecule has 0 saturated carbocycles. The van der Waals surface area contributed by atoms with Gasteiger partial charge >= 0.3 is 11.9 Å². The van der Waals surface area contributed by atoms with Crippen molar-refractivity contribution in [2.75, 3.05) is 19.8 Å². The highest BCUT2D eigenvalue weighted by Crippen LogP contribution is 2.14. The van der Waals surface area contributed by atoms with Crippen molar-refractivity contribution in [3.8, 4) is 0 Å². The highest BCUT2D eigenvalue weighted by Gasteiger charge is 2.17. The summed E-state index contributed by atoms with van der Waals surface area (Å²) in [6.07, 6.45) is 77.9. The van der Waals surface area contributed by atoms with E-state index in [0.29, 0.717) is 19.4 Å². The Labute approximate surface area is 407 Å². The summed E-state index contributed by atoms with van der Waals surface area (Å²) in [6, 6.07) is 0. The summed E-state index contributed by atoms with van der Waals surface area (Å²) in [4.78, 5) is 25.4. The molecule has 0 aromatic rings. The molecule has 5 heteroatoms. The molecular formula is C61H100O5. The van der Waals surface area contributed by atoms with Crippen molar-refractivity contribution < 1.29 is 23.8 Å². The maximum absolute atomic E-state index is 12.8. The topological polar surface area (TPSA) is 61.8 Å². The number of carbonyl (C=O) groups excluding carboxylic acids is 2. The second-order valence-corrected chi connectivity index (χ2v) is 17.4. The standard InChI is InChI=1S/C61H100O5/c1-4-7-10-13-16-19-22-25-27-29-30-31-33-35-38-41-44-47-50-53-56-64-57-59(66-61(63)55-52-49-46-43-40-36-24-21-18-15-12-9-6-3)58-65-60(62)54-51-48-45-42-39-37-34-32-28-26-23-20-17-14-11-8-5-2/h7-8,10-11,16-17,19-20,25-28,30-31,34-35,37-38,44,47,59H,4-6,9,12-15,18,21-24,29,32-33,36,39-43,45-46,48-58H2,1-3H3/b10-7-,11-8-,19-16-,20-17-,27-25-,28-26-,31-30-,37-34-,38-35-,47-44-. The van der Waals surface area contributed by atoms with Crippen LogP contribution in [-0.2, 0) is 23.8 Å². The highest BCUT2D eigenvalue weighted by molar-refractivity contribution is 5.70. The van der Waals surface area contributed by atoms with E-state index in [1.54, 1.807) is 0 Å². The summed E-state index contributed by atoms with van der Waals surface area (Å²) in [6.45, 7) is 7.43. The molecular weight excluding hydrogens is 813 g/mol. The van der Waals surface area contributed by atoms with E-state index >= 15 is 0 Å². The molecule has 0 bridgehead atoms. The Balaban J connectivity index is 4.43. The average molecular weight is 913 g/mol. The Bertz CT molecular complexity index is 1350. The first kappa shape index (κ1) is 62.3. The molecule has 0 fully saturated rings. The van der Waals surface area contributed by atoms with Crippen LogP contribution in [0, 0.1) is 0 Å². The fraction of sp³-hybridized carbons (Fsp3) is 0.639. The molecule has 1 atom stereocenters. The number of rotatable bonds is 48. The molecule has 0 N–H and O–H groups in total. The van der Waals surface area contributed by atoms with E-state index in [0.717, 1.165) is 128 Å². The van der Waals surface area contributed by atoms with Gasteiger partial charge in [0.15, 0.2) is 6.10 Å².